The summed E-state index contributed by atoms with van der Waals surface area (Å²) >= 11 is 0. The predicted octanol–water partition coefficient (Wildman–Crippen LogP) is -6.22. The SMILES string of the molecule is F.[Ba+2].[F-].[F-]. The second kappa shape index (κ2) is 26.6. The van der Waals surface area contributed by atoms with Crippen LogP contribution in [0.3, 0.4) is 0 Å². The van der Waals surface area contributed by atoms with Gasteiger partial charge in [-0.3, -0.25) is 4.70 Å². The van der Waals surface area contributed by atoms with Crippen molar-refractivity contribution in [2.45, 2.75) is 0 Å². The standard InChI is InChI=1S/Ba.3FH/h;3*1H/q+2;;;/p-2. The summed E-state index contributed by atoms with van der Waals surface area (Å²) in [5.74, 6) is 0. The van der Waals surface area contributed by atoms with Crippen LogP contribution < -0.4 is 9.41 Å². The minimum Gasteiger partial charge on any atom is -1.00 e. The average Bonchev–Trinajstić information content (AvgIpc) is 0. The van der Waals surface area contributed by atoms with Crippen molar-refractivity contribution in [3.05, 3.63) is 0 Å². The largest absolute Gasteiger partial charge is 2.00 e. The van der Waals surface area contributed by atoms with Crippen LogP contribution in [0.15, 0.2) is 0 Å². The Morgan fingerprint density at radius 1 is 0.750 bits per heavy atom. The first-order chi connectivity index (χ1) is 0. The minimum atomic E-state index is 0. The van der Waals surface area contributed by atoms with E-state index in [-0.39, 0.29) is 63.0 Å². The third-order valence-electron chi connectivity index (χ3n) is 0. The van der Waals surface area contributed by atoms with E-state index in [1.165, 1.54) is 0 Å². The van der Waals surface area contributed by atoms with Crippen molar-refractivity contribution in [3.63, 3.8) is 0 Å². The van der Waals surface area contributed by atoms with Gasteiger partial charge in [-0.25, -0.2) is 0 Å². The molecule has 0 bridgehead atoms. The zero-order chi connectivity index (χ0) is 0. The van der Waals surface area contributed by atoms with Crippen molar-refractivity contribution in [1.82, 2.24) is 0 Å². The molecule has 0 aliphatic heterocycles. The summed E-state index contributed by atoms with van der Waals surface area (Å²) < 4.78 is 0. The minimum absolute atomic E-state index is 0. The summed E-state index contributed by atoms with van der Waals surface area (Å²) in [5.41, 5.74) is 0. The molecule has 0 rings (SSSR count). The molecule has 24 valence electrons. The van der Waals surface area contributed by atoms with Crippen LogP contribution >= 0.6 is 0 Å². The Balaban J connectivity index is 0. The molecule has 0 aliphatic rings. The average molecular weight is 195 g/mol. The molecule has 4 heteroatoms. The van der Waals surface area contributed by atoms with Gasteiger partial charge in [-0.15, -0.1) is 0 Å². The molecule has 0 atom stereocenters. The van der Waals surface area contributed by atoms with E-state index in [1.807, 2.05) is 0 Å². The Morgan fingerprint density at radius 2 is 0.750 bits per heavy atom. The van der Waals surface area contributed by atoms with Crippen LogP contribution in [0.4, 0.5) is 4.70 Å². The van der Waals surface area contributed by atoms with Crippen molar-refractivity contribution < 1.29 is 14.1 Å². The van der Waals surface area contributed by atoms with E-state index in [9.17, 15) is 0 Å². The van der Waals surface area contributed by atoms with E-state index in [4.69, 9.17) is 0 Å². The fraction of sp³-hybridized carbons (Fsp3) is 0. The number of hydrogen-bond donors (Lipinski definition) is 0. The van der Waals surface area contributed by atoms with Gasteiger partial charge < -0.3 is 9.41 Å². The molecular formula is HBaF3. The van der Waals surface area contributed by atoms with E-state index in [0.717, 1.165) is 0 Å². The molecule has 0 aromatic carbocycles. The summed E-state index contributed by atoms with van der Waals surface area (Å²) in [4.78, 5) is 0. The van der Waals surface area contributed by atoms with Gasteiger partial charge in [0.15, 0.2) is 0 Å². The van der Waals surface area contributed by atoms with Crippen LogP contribution in [0.1, 0.15) is 0 Å². The molecule has 0 saturated heterocycles. The molecule has 0 aromatic rings. The van der Waals surface area contributed by atoms with Gasteiger partial charge in [-0.05, 0) is 0 Å². The van der Waals surface area contributed by atoms with E-state index >= 15 is 0 Å². The predicted molar refractivity (Wildman–Crippen MR) is 8.26 cm³/mol. The van der Waals surface area contributed by atoms with Crippen molar-refractivity contribution in [2.75, 3.05) is 0 Å². The van der Waals surface area contributed by atoms with Gasteiger partial charge in [-0.2, -0.15) is 0 Å². The maximum absolute atomic E-state index is 0. The van der Waals surface area contributed by atoms with Gasteiger partial charge in [0.25, 0.3) is 0 Å². The molecule has 0 aromatic heterocycles. The molecule has 0 spiro atoms. The van der Waals surface area contributed by atoms with Gasteiger partial charge >= 0.3 is 48.9 Å². The molecule has 0 amide bonds. The number of hydrogen-bond acceptors (Lipinski definition) is 0. The second-order valence-electron chi connectivity index (χ2n) is 0. The van der Waals surface area contributed by atoms with Crippen LogP contribution in [0, 0.1) is 0 Å². The first-order valence-electron chi connectivity index (χ1n) is 0. The zero-order valence-electron chi connectivity index (χ0n) is 1.87. The topological polar surface area (TPSA) is 0 Å². The first-order valence-corrected chi connectivity index (χ1v) is 0. The van der Waals surface area contributed by atoms with Gasteiger partial charge in [0, 0.05) is 0 Å². The maximum atomic E-state index is 0. The van der Waals surface area contributed by atoms with Crippen molar-refractivity contribution >= 4 is 48.9 Å². The summed E-state index contributed by atoms with van der Waals surface area (Å²) in [7, 11) is 0. The Kier molecular flexibility index (Phi) is 366. The van der Waals surface area contributed by atoms with E-state index < -0.39 is 0 Å². The summed E-state index contributed by atoms with van der Waals surface area (Å²) in [6.07, 6.45) is 0. The van der Waals surface area contributed by atoms with Crippen LogP contribution in [0.2, 0.25) is 0 Å². The van der Waals surface area contributed by atoms with Crippen LogP contribution in [0.25, 0.3) is 0 Å². The van der Waals surface area contributed by atoms with Gasteiger partial charge in [0.05, 0.1) is 0 Å². The normalized spacial score (nSPS) is 0. The first kappa shape index (κ1) is 55.0. The maximum Gasteiger partial charge on any atom is 2.00 e. The Bertz CT molecular complexity index is 3.25. The van der Waals surface area contributed by atoms with Crippen molar-refractivity contribution in [2.24, 2.45) is 0 Å². The quantitative estimate of drug-likeness (QED) is 0.338. The Hall–Kier alpha value is 1.36. The molecule has 0 nitrogen and oxygen atoms in total. The fourth-order valence-electron chi connectivity index (χ4n) is 0. The smallest absolute Gasteiger partial charge is 1.00 e. The molecule has 0 radical (unpaired) electrons. The fourth-order valence-corrected chi connectivity index (χ4v) is 0. The molecule has 0 saturated carbocycles. The molecule has 0 N–H and O–H groups in total. The number of halogens is 3. The molecule has 0 heterocycles. The Labute approximate surface area is 62.1 Å². The summed E-state index contributed by atoms with van der Waals surface area (Å²) in [5, 5.41) is 0. The van der Waals surface area contributed by atoms with Gasteiger partial charge in [-0.1, -0.05) is 0 Å². The van der Waals surface area contributed by atoms with Gasteiger partial charge in [0.2, 0.25) is 0 Å². The summed E-state index contributed by atoms with van der Waals surface area (Å²) in [6.45, 7) is 0. The van der Waals surface area contributed by atoms with Crippen LogP contribution in [0.5, 0.6) is 0 Å². The van der Waals surface area contributed by atoms with E-state index in [1.54, 1.807) is 0 Å². The third-order valence-corrected chi connectivity index (χ3v) is 0. The van der Waals surface area contributed by atoms with Crippen molar-refractivity contribution in [1.29, 1.82) is 0 Å². The summed E-state index contributed by atoms with van der Waals surface area (Å²) in [6, 6.07) is 0. The zero-order valence-corrected chi connectivity index (χ0v) is 6.31. The molecule has 0 aliphatic carbocycles. The Morgan fingerprint density at radius 3 is 0.750 bits per heavy atom. The molecule has 0 fully saturated rings. The van der Waals surface area contributed by atoms with E-state index in [2.05, 4.69) is 0 Å². The van der Waals surface area contributed by atoms with E-state index in [0.29, 0.717) is 0 Å². The van der Waals surface area contributed by atoms with Crippen molar-refractivity contribution in [3.8, 4) is 0 Å². The monoisotopic (exact) mass is 196 g/mol. The van der Waals surface area contributed by atoms with Gasteiger partial charge in [0.1, 0.15) is 0 Å². The van der Waals surface area contributed by atoms with Crippen LogP contribution in [-0.4, -0.2) is 48.9 Å². The number of rotatable bonds is 0. The molecule has 0 unspecified atom stereocenters. The van der Waals surface area contributed by atoms with Crippen LogP contribution in [-0.2, 0) is 0 Å². The third kappa shape index (κ3) is 10.1. The molecule has 4 heavy (non-hydrogen) atoms. The molecular weight excluding hydrogens is 194 g/mol. The second-order valence-corrected chi connectivity index (χ2v) is 0.